The van der Waals surface area contributed by atoms with Crippen LogP contribution >= 0.6 is 15.9 Å². The first-order chi connectivity index (χ1) is 12.0. The Balaban J connectivity index is 1.81. The zero-order valence-corrected chi connectivity index (χ0v) is 15.2. The zero-order valence-electron chi connectivity index (χ0n) is 13.6. The van der Waals surface area contributed by atoms with Crippen LogP contribution in [-0.2, 0) is 9.53 Å². The number of hydrogen-bond donors (Lipinski definition) is 0. The predicted octanol–water partition coefficient (Wildman–Crippen LogP) is 4.01. The van der Waals surface area contributed by atoms with Gasteiger partial charge < -0.3 is 14.2 Å². The Morgan fingerprint density at radius 3 is 2.60 bits per heavy atom. The van der Waals surface area contributed by atoms with Crippen LogP contribution in [0.4, 0.5) is 0 Å². The third kappa shape index (κ3) is 3.74. The van der Waals surface area contributed by atoms with E-state index in [1.165, 1.54) is 7.11 Å². The number of Topliss-reactive ketones (excluding diaryl/α,β-unsaturated/α-hetero) is 1. The first kappa shape index (κ1) is 17.2. The van der Waals surface area contributed by atoms with Crippen molar-refractivity contribution in [2.24, 2.45) is 0 Å². The van der Waals surface area contributed by atoms with E-state index in [-0.39, 0.29) is 11.5 Å². The van der Waals surface area contributed by atoms with E-state index >= 15 is 0 Å². The third-order valence-corrected chi connectivity index (χ3v) is 4.18. The summed E-state index contributed by atoms with van der Waals surface area (Å²) in [7, 11) is 1.30. The molecule has 0 fully saturated rings. The van der Waals surface area contributed by atoms with Crippen LogP contribution in [0.25, 0.3) is 6.08 Å². The molecular weight excluding hydrogens is 388 g/mol. The lowest BCUT2D eigenvalue weighted by atomic mass is 10.1. The second kappa shape index (κ2) is 7.11. The van der Waals surface area contributed by atoms with Crippen molar-refractivity contribution in [2.75, 3.05) is 7.11 Å². The summed E-state index contributed by atoms with van der Waals surface area (Å²) in [5.41, 5.74) is 1.32. The topological polar surface area (TPSA) is 61.8 Å². The van der Waals surface area contributed by atoms with Crippen LogP contribution in [0.5, 0.6) is 11.5 Å². The van der Waals surface area contributed by atoms with Gasteiger partial charge in [-0.05, 0) is 42.8 Å². The lowest BCUT2D eigenvalue weighted by Crippen LogP contribution is -2.24. The van der Waals surface area contributed by atoms with E-state index in [0.29, 0.717) is 17.1 Å². The summed E-state index contributed by atoms with van der Waals surface area (Å²) < 4.78 is 16.8. The van der Waals surface area contributed by atoms with Gasteiger partial charge >= 0.3 is 5.97 Å². The highest BCUT2D eigenvalue weighted by atomic mass is 79.9. The molecule has 1 heterocycles. The van der Waals surface area contributed by atoms with Gasteiger partial charge in [0, 0.05) is 10.5 Å². The van der Waals surface area contributed by atoms with Gasteiger partial charge in [-0.3, -0.25) is 4.79 Å². The molecular formula is C19H15BrO5. The number of carbonyl (C=O) groups is 2. The fourth-order valence-electron chi connectivity index (χ4n) is 2.37. The standard InChI is InChI=1S/C19H15BrO5/c1-11(19(22)23-2)24-14-7-8-15-16(10-14)25-17(18(15)21)9-12-3-5-13(20)6-4-12/h3-11H,1-2H3/b17-9+/t11-/m1/s1. The molecule has 0 saturated carbocycles. The van der Waals surface area contributed by atoms with Gasteiger partial charge in [-0.2, -0.15) is 0 Å². The monoisotopic (exact) mass is 402 g/mol. The Hall–Kier alpha value is -2.60. The molecule has 25 heavy (non-hydrogen) atoms. The van der Waals surface area contributed by atoms with E-state index in [2.05, 4.69) is 20.7 Å². The Bertz CT molecular complexity index is 855. The van der Waals surface area contributed by atoms with E-state index in [4.69, 9.17) is 9.47 Å². The third-order valence-electron chi connectivity index (χ3n) is 3.66. The smallest absolute Gasteiger partial charge is 0.346 e. The molecule has 2 aromatic rings. The maximum Gasteiger partial charge on any atom is 0.346 e. The molecule has 0 aromatic heterocycles. The number of fused-ring (bicyclic) bond motifs is 1. The summed E-state index contributed by atoms with van der Waals surface area (Å²) in [5.74, 6) is 0.409. The average molecular weight is 403 g/mol. The zero-order chi connectivity index (χ0) is 18.0. The highest BCUT2D eigenvalue weighted by Gasteiger charge is 2.28. The molecule has 6 heteroatoms. The van der Waals surface area contributed by atoms with Gasteiger partial charge in [0.25, 0.3) is 0 Å². The Morgan fingerprint density at radius 2 is 1.92 bits per heavy atom. The summed E-state index contributed by atoms with van der Waals surface area (Å²) >= 11 is 3.37. The van der Waals surface area contributed by atoms with Crippen molar-refractivity contribution in [1.29, 1.82) is 0 Å². The number of allylic oxidation sites excluding steroid dienone is 1. The molecule has 0 spiro atoms. The van der Waals surface area contributed by atoms with Crippen LogP contribution in [0.15, 0.2) is 52.7 Å². The summed E-state index contributed by atoms with van der Waals surface area (Å²) in [6.45, 7) is 1.59. The van der Waals surface area contributed by atoms with Crippen LogP contribution in [0.1, 0.15) is 22.8 Å². The second-order valence-electron chi connectivity index (χ2n) is 5.43. The number of benzene rings is 2. The summed E-state index contributed by atoms with van der Waals surface area (Å²) in [4.78, 5) is 23.9. The van der Waals surface area contributed by atoms with Gasteiger partial charge in [0.05, 0.1) is 12.7 Å². The minimum atomic E-state index is -0.752. The van der Waals surface area contributed by atoms with Crippen LogP contribution in [0.2, 0.25) is 0 Å². The van der Waals surface area contributed by atoms with Crippen molar-refractivity contribution in [1.82, 2.24) is 0 Å². The molecule has 1 aliphatic rings. The highest BCUT2D eigenvalue weighted by Crippen LogP contribution is 2.35. The SMILES string of the molecule is COC(=O)[C@@H](C)Oc1ccc2c(c1)O/C(=C/c1ccc(Br)cc1)C2=O. The number of esters is 1. The van der Waals surface area contributed by atoms with Gasteiger partial charge in [-0.25, -0.2) is 4.79 Å². The Morgan fingerprint density at radius 1 is 1.20 bits per heavy atom. The first-order valence-electron chi connectivity index (χ1n) is 7.56. The molecule has 5 nitrogen and oxygen atoms in total. The molecule has 3 rings (SSSR count). The van der Waals surface area contributed by atoms with E-state index < -0.39 is 12.1 Å². The van der Waals surface area contributed by atoms with E-state index in [9.17, 15) is 9.59 Å². The van der Waals surface area contributed by atoms with Gasteiger partial charge in [-0.15, -0.1) is 0 Å². The van der Waals surface area contributed by atoms with Gasteiger partial charge in [0.15, 0.2) is 11.9 Å². The molecule has 0 aliphatic carbocycles. The molecule has 0 amide bonds. The van der Waals surface area contributed by atoms with Gasteiger partial charge in [0.2, 0.25) is 5.78 Å². The Kier molecular flexibility index (Phi) is 4.90. The number of rotatable bonds is 4. The van der Waals surface area contributed by atoms with Crippen LogP contribution < -0.4 is 9.47 Å². The normalized spacial score (nSPS) is 15.5. The molecule has 0 bridgehead atoms. The number of carbonyl (C=O) groups excluding carboxylic acids is 2. The lowest BCUT2D eigenvalue weighted by Gasteiger charge is -2.12. The van der Waals surface area contributed by atoms with Gasteiger partial charge in [0.1, 0.15) is 11.5 Å². The fourth-order valence-corrected chi connectivity index (χ4v) is 2.63. The van der Waals surface area contributed by atoms with E-state index in [1.807, 2.05) is 24.3 Å². The highest BCUT2D eigenvalue weighted by molar-refractivity contribution is 9.10. The summed E-state index contributed by atoms with van der Waals surface area (Å²) in [5, 5.41) is 0. The van der Waals surface area contributed by atoms with Crippen molar-refractivity contribution >= 4 is 33.8 Å². The number of methoxy groups -OCH3 is 1. The molecule has 0 radical (unpaired) electrons. The van der Waals surface area contributed by atoms with Crippen LogP contribution in [0.3, 0.4) is 0 Å². The Labute approximate surface area is 153 Å². The molecule has 2 aromatic carbocycles. The van der Waals surface area contributed by atoms with Crippen LogP contribution in [0, 0.1) is 0 Å². The first-order valence-corrected chi connectivity index (χ1v) is 8.35. The summed E-state index contributed by atoms with van der Waals surface area (Å²) in [6.07, 6.45) is 0.935. The molecule has 0 unspecified atom stereocenters. The average Bonchev–Trinajstić information content (AvgIpc) is 2.91. The minimum Gasteiger partial charge on any atom is -0.479 e. The minimum absolute atomic E-state index is 0.189. The van der Waals surface area contributed by atoms with Crippen molar-refractivity contribution in [3.05, 3.63) is 63.8 Å². The van der Waals surface area contributed by atoms with E-state index in [1.54, 1.807) is 31.2 Å². The molecule has 0 N–H and O–H groups in total. The van der Waals surface area contributed by atoms with Crippen molar-refractivity contribution < 1.29 is 23.8 Å². The largest absolute Gasteiger partial charge is 0.479 e. The fraction of sp³-hybridized carbons (Fsp3) is 0.158. The van der Waals surface area contributed by atoms with Crippen LogP contribution in [-0.4, -0.2) is 25.0 Å². The van der Waals surface area contributed by atoms with Crippen molar-refractivity contribution in [2.45, 2.75) is 13.0 Å². The maximum atomic E-state index is 12.4. The van der Waals surface area contributed by atoms with Gasteiger partial charge in [-0.1, -0.05) is 28.1 Å². The number of hydrogen-bond acceptors (Lipinski definition) is 5. The lowest BCUT2D eigenvalue weighted by molar-refractivity contribution is -0.147. The molecule has 128 valence electrons. The van der Waals surface area contributed by atoms with Crippen molar-refractivity contribution in [3.63, 3.8) is 0 Å². The number of halogens is 1. The molecule has 0 saturated heterocycles. The summed E-state index contributed by atoms with van der Waals surface area (Å²) in [6, 6.07) is 12.4. The quantitative estimate of drug-likeness (QED) is 0.571. The maximum absolute atomic E-state index is 12.4. The van der Waals surface area contributed by atoms with Crippen molar-refractivity contribution in [3.8, 4) is 11.5 Å². The predicted molar refractivity (Wildman–Crippen MR) is 95.6 cm³/mol. The number of ketones is 1. The van der Waals surface area contributed by atoms with E-state index in [0.717, 1.165) is 10.0 Å². The second-order valence-corrected chi connectivity index (χ2v) is 6.35. The molecule has 1 aliphatic heterocycles. The number of ether oxygens (including phenoxy) is 3. The molecule has 1 atom stereocenters.